The predicted molar refractivity (Wildman–Crippen MR) is 61.7 cm³/mol. The van der Waals surface area contributed by atoms with Crippen LogP contribution in [0.5, 0.6) is 5.75 Å². The van der Waals surface area contributed by atoms with Gasteiger partial charge in [-0.1, -0.05) is 19.1 Å². The van der Waals surface area contributed by atoms with E-state index < -0.39 is 17.9 Å². The second kappa shape index (κ2) is 5.89. The number of phenols is 1. The van der Waals surface area contributed by atoms with Crippen molar-refractivity contribution in [3.05, 3.63) is 29.8 Å². The van der Waals surface area contributed by atoms with Crippen LogP contribution < -0.4 is 5.32 Å². The molecule has 1 unspecified atom stereocenters. The topological polar surface area (TPSA) is 75.6 Å². The average molecular weight is 237 g/mol. The lowest BCUT2D eigenvalue weighted by atomic mass is 10.1. The Balaban J connectivity index is 2.78. The molecule has 1 rings (SSSR count). The maximum absolute atomic E-state index is 11.8. The summed E-state index contributed by atoms with van der Waals surface area (Å²) in [6, 6.07) is 5.44. The van der Waals surface area contributed by atoms with E-state index in [2.05, 4.69) is 10.1 Å². The minimum absolute atomic E-state index is 0.121. The molecule has 0 bridgehead atoms. The highest BCUT2D eigenvalue weighted by Gasteiger charge is 2.21. The molecule has 0 aliphatic carbocycles. The van der Waals surface area contributed by atoms with Crippen LogP contribution in [0.3, 0.4) is 0 Å². The number of carbonyl (C=O) groups excluding carboxylic acids is 2. The first kappa shape index (κ1) is 13.0. The van der Waals surface area contributed by atoms with Gasteiger partial charge >= 0.3 is 5.97 Å². The normalized spacial score (nSPS) is 11.6. The van der Waals surface area contributed by atoms with Crippen molar-refractivity contribution in [3.8, 4) is 5.75 Å². The summed E-state index contributed by atoms with van der Waals surface area (Å²) in [6.45, 7) is 1.76. The summed E-state index contributed by atoms with van der Waals surface area (Å²) >= 11 is 0. The lowest BCUT2D eigenvalue weighted by Gasteiger charge is -2.14. The van der Waals surface area contributed by atoms with Gasteiger partial charge in [-0.05, 0) is 18.6 Å². The van der Waals surface area contributed by atoms with E-state index in [1.54, 1.807) is 19.1 Å². The van der Waals surface area contributed by atoms with E-state index in [9.17, 15) is 14.7 Å². The number of phenolic OH excluding ortho intramolecular Hbond substituents is 1. The van der Waals surface area contributed by atoms with Gasteiger partial charge < -0.3 is 15.2 Å². The van der Waals surface area contributed by atoms with Gasteiger partial charge in [0.15, 0.2) is 0 Å². The Morgan fingerprint density at radius 2 is 2.06 bits per heavy atom. The molecule has 0 aromatic heterocycles. The first-order valence-corrected chi connectivity index (χ1v) is 5.26. The molecule has 17 heavy (non-hydrogen) atoms. The van der Waals surface area contributed by atoms with E-state index in [0.717, 1.165) is 0 Å². The summed E-state index contributed by atoms with van der Waals surface area (Å²) < 4.78 is 4.55. The van der Waals surface area contributed by atoms with Gasteiger partial charge in [0.05, 0.1) is 12.7 Å². The fourth-order valence-corrected chi connectivity index (χ4v) is 1.37. The highest BCUT2D eigenvalue weighted by Crippen LogP contribution is 2.15. The van der Waals surface area contributed by atoms with E-state index in [1.165, 1.54) is 19.2 Å². The Labute approximate surface area is 99.4 Å². The number of amides is 1. The summed E-state index contributed by atoms with van der Waals surface area (Å²) in [7, 11) is 1.26. The van der Waals surface area contributed by atoms with Crippen molar-refractivity contribution in [1.29, 1.82) is 0 Å². The van der Waals surface area contributed by atoms with Crippen molar-refractivity contribution in [2.45, 2.75) is 19.4 Å². The first-order valence-electron chi connectivity index (χ1n) is 5.26. The number of para-hydroxylation sites is 1. The summed E-state index contributed by atoms with van der Waals surface area (Å²) in [5.41, 5.74) is 0.134. The van der Waals surface area contributed by atoms with Crippen molar-refractivity contribution < 1.29 is 19.4 Å². The van der Waals surface area contributed by atoms with Crippen LogP contribution in [0.1, 0.15) is 23.7 Å². The molecule has 1 aromatic rings. The Hall–Kier alpha value is -2.04. The van der Waals surface area contributed by atoms with Crippen molar-refractivity contribution in [1.82, 2.24) is 5.32 Å². The average Bonchev–Trinajstić information content (AvgIpc) is 2.35. The Bertz CT molecular complexity index is 417. The van der Waals surface area contributed by atoms with Crippen LogP contribution in [0, 0.1) is 0 Å². The highest BCUT2D eigenvalue weighted by molar-refractivity contribution is 5.98. The molecule has 0 aliphatic heterocycles. The van der Waals surface area contributed by atoms with Crippen molar-refractivity contribution in [2.24, 2.45) is 0 Å². The number of carbonyl (C=O) groups is 2. The fourth-order valence-electron chi connectivity index (χ4n) is 1.37. The summed E-state index contributed by atoms with van der Waals surface area (Å²) in [6.07, 6.45) is 0.423. The molecule has 0 aliphatic rings. The van der Waals surface area contributed by atoms with Crippen LogP contribution >= 0.6 is 0 Å². The molecule has 0 saturated carbocycles. The SMILES string of the molecule is CCC(NC(=O)c1ccccc1O)C(=O)OC. The second-order valence-electron chi connectivity index (χ2n) is 3.47. The molecule has 1 aromatic carbocycles. The number of ether oxygens (including phenoxy) is 1. The lowest BCUT2D eigenvalue weighted by molar-refractivity contribution is -0.142. The van der Waals surface area contributed by atoms with Crippen LogP contribution in [0.4, 0.5) is 0 Å². The number of benzene rings is 1. The molecule has 2 N–H and O–H groups in total. The third kappa shape index (κ3) is 3.21. The molecular weight excluding hydrogens is 222 g/mol. The van der Waals surface area contributed by atoms with Gasteiger partial charge in [0.25, 0.3) is 5.91 Å². The van der Waals surface area contributed by atoms with Gasteiger partial charge in [-0.25, -0.2) is 4.79 Å². The van der Waals surface area contributed by atoms with E-state index in [0.29, 0.717) is 6.42 Å². The number of rotatable bonds is 4. The molecule has 5 nitrogen and oxygen atoms in total. The molecule has 0 radical (unpaired) electrons. The molecule has 5 heteroatoms. The quantitative estimate of drug-likeness (QED) is 0.768. The highest BCUT2D eigenvalue weighted by atomic mass is 16.5. The number of aromatic hydroxyl groups is 1. The number of esters is 1. The molecule has 0 spiro atoms. The number of hydrogen-bond donors (Lipinski definition) is 2. The van der Waals surface area contributed by atoms with Crippen LogP contribution in [-0.4, -0.2) is 30.1 Å². The molecule has 1 amide bonds. The van der Waals surface area contributed by atoms with E-state index >= 15 is 0 Å². The standard InChI is InChI=1S/C12H15NO4/c1-3-9(12(16)17-2)13-11(15)8-6-4-5-7-10(8)14/h4-7,9,14H,3H2,1-2H3,(H,13,15). The minimum atomic E-state index is -0.702. The summed E-state index contributed by atoms with van der Waals surface area (Å²) in [4.78, 5) is 23.1. The van der Waals surface area contributed by atoms with Crippen LogP contribution in [-0.2, 0) is 9.53 Å². The van der Waals surface area contributed by atoms with Gasteiger partial charge in [0, 0.05) is 0 Å². The third-order valence-corrected chi connectivity index (χ3v) is 2.35. The first-order chi connectivity index (χ1) is 8.10. The maximum atomic E-state index is 11.8. The minimum Gasteiger partial charge on any atom is -0.507 e. The van der Waals surface area contributed by atoms with Gasteiger partial charge in [-0.2, -0.15) is 0 Å². The number of nitrogens with one attached hydrogen (secondary N) is 1. The number of methoxy groups -OCH3 is 1. The van der Waals surface area contributed by atoms with Crippen molar-refractivity contribution in [2.75, 3.05) is 7.11 Å². The van der Waals surface area contributed by atoms with E-state index in [4.69, 9.17) is 0 Å². The Kier molecular flexibility index (Phi) is 4.51. The third-order valence-electron chi connectivity index (χ3n) is 2.35. The van der Waals surface area contributed by atoms with Gasteiger partial charge in [0.2, 0.25) is 0 Å². The Morgan fingerprint density at radius 3 is 2.59 bits per heavy atom. The van der Waals surface area contributed by atoms with E-state index in [-0.39, 0.29) is 11.3 Å². The molecule has 92 valence electrons. The smallest absolute Gasteiger partial charge is 0.328 e. The van der Waals surface area contributed by atoms with Gasteiger partial charge in [-0.15, -0.1) is 0 Å². The fraction of sp³-hybridized carbons (Fsp3) is 0.333. The monoisotopic (exact) mass is 237 g/mol. The van der Waals surface area contributed by atoms with Crippen LogP contribution in [0.15, 0.2) is 24.3 Å². The van der Waals surface area contributed by atoms with E-state index in [1.807, 2.05) is 0 Å². The second-order valence-corrected chi connectivity index (χ2v) is 3.47. The number of hydrogen-bond acceptors (Lipinski definition) is 4. The molecule has 0 saturated heterocycles. The Morgan fingerprint density at radius 1 is 1.41 bits per heavy atom. The van der Waals surface area contributed by atoms with Crippen molar-refractivity contribution in [3.63, 3.8) is 0 Å². The maximum Gasteiger partial charge on any atom is 0.328 e. The molecule has 0 heterocycles. The molecule has 1 atom stereocenters. The van der Waals surface area contributed by atoms with Gasteiger partial charge in [0.1, 0.15) is 11.8 Å². The van der Waals surface area contributed by atoms with Crippen LogP contribution in [0.2, 0.25) is 0 Å². The summed E-state index contributed by atoms with van der Waals surface area (Å²) in [5.74, 6) is -1.12. The zero-order valence-electron chi connectivity index (χ0n) is 9.77. The largest absolute Gasteiger partial charge is 0.507 e. The molecule has 0 fully saturated rings. The van der Waals surface area contributed by atoms with Crippen LogP contribution in [0.25, 0.3) is 0 Å². The van der Waals surface area contributed by atoms with Crippen molar-refractivity contribution >= 4 is 11.9 Å². The van der Waals surface area contributed by atoms with Gasteiger partial charge in [-0.3, -0.25) is 4.79 Å². The molecular formula is C12H15NO4. The lowest BCUT2D eigenvalue weighted by Crippen LogP contribution is -2.41. The summed E-state index contributed by atoms with van der Waals surface area (Å²) in [5, 5.41) is 12.0. The predicted octanol–water partition coefficient (Wildman–Crippen LogP) is 1.07. The zero-order chi connectivity index (χ0) is 12.8. The zero-order valence-corrected chi connectivity index (χ0v) is 9.77.